The Hall–Kier alpha value is -3.56. The average molecular weight is 655 g/mol. The molecule has 0 unspecified atom stereocenters. The maximum absolute atomic E-state index is 16.0. The number of anilines is 2. The topological polar surface area (TPSA) is 126 Å². The summed E-state index contributed by atoms with van der Waals surface area (Å²) in [6, 6.07) is 16.4. The van der Waals surface area contributed by atoms with E-state index in [1.165, 1.54) is 34.6 Å². The summed E-state index contributed by atoms with van der Waals surface area (Å²) in [4.78, 5) is 13.6. The molecule has 14 heteroatoms. The van der Waals surface area contributed by atoms with E-state index >= 15 is 4.39 Å². The maximum atomic E-state index is 16.0. The minimum Gasteiger partial charge on any atom is -0.406 e. The number of aliphatic hydroxyl groups excluding tert-OH is 1. The first-order chi connectivity index (χ1) is 21.4. The number of nitrogens with zero attached hydrogens (tertiary/aromatic N) is 1. The number of ether oxygens (including phenoxy) is 1. The van der Waals surface area contributed by atoms with Crippen LogP contribution in [0.2, 0.25) is 0 Å². The normalized spacial score (nSPS) is 16.8. The van der Waals surface area contributed by atoms with Crippen LogP contribution in [-0.2, 0) is 13.0 Å². The van der Waals surface area contributed by atoms with Crippen molar-refractivity contribution in [2.75, 3.05) is 35.0 Å². The molecule has 1 heterocycles. The lowest BCUT2D eigenvalue weighted by Crippen LogP contribution is -2.49. The highest BCUT2D eigenvalue weighted by Gasteiger charge is 2.33. The van der Waals surface area contributed by atoms with Gasteiger partial charge in [-0.3, -0.25) is 18.2 Å². The van der Waals surface area contributed by atoms with Crippen LogP contribution in [0.4, 0.5) is 28.9 Å². The number of carbonyl (C=O) groups is 1. The van der Waals surface area contributed by atoms with Crippen LogP contribution in [0.5, 0.6) is 5.75 Å². The fraction of sp³-hybridized carbons (Fsp3) is 0.387. The molecule has 9 nitrogen and oxygen atoms in total. The second-order valence-corrected chi connectivity index (χ2v) is 12.8. The number of amides is 1. The zero-order valence-electron chi connectivity index (χ0n) is 24.7. The van der Waals surface area contributed by atoms with Gasteiger partial charge >= 0.3 is 6.36 Å². The van der Waals surface area contributed by atoms with Crippen molar-refractivity contribution >= 4 is 28.1 Å². The zero-order valence-corrected chi connectivity index (χ0v) is 25.5. The highest BCUT2D eigenvalue weighted by atomic mass is 32.3. The molecule has 0 radical (unpaired) electrons. The first-order valence-corrected chi connectivity index (χ1v) is 16.2. The van der Waals surface area contributed by atoms with Crippen LogP contribution in [0.3, 0.4) is 0 Å². The summed E-state index contributed by atoms with van der Waals surface area (Å²) in [5.41, 5.74) is 1.26. The molecule has 1 saturated heterocycles. The van der Waals surface area contributed by atoms with Crippen molar-refractivity contribution in [2.45, 2.75) is 51.2 Å². The number of halogens is 4. The molecule has 3 aromatic rings. The molecule has 0 aromatic heterocycles. The quantitative estimate of drug-likeness (QED) is 0.126. The number of carbonyl (C=O) groups excluding carboxylic acids is 1. The molecule has 3 aromatic carbocycles. The van der Waals surface area contributed by atoms with Gasteiger partial charge in [-0.1, -0.05) is 42.5 Å². The van der Waals surface area contributed by atoms with Gasteiger partial charge in [0, 0.05) is 31.9 Å². The molecule has 1 aliphatic heterocycles. The Labute approximate surface area is 261 Å². The monoisotopic (exact) mass is 654 g/mol. The Kier molecular flexibility index (Phi) is 11.6. The lowest BCUT2D eigenvalue weighted by atomic mass is 10.00. The lowest BCUT2D eigenvalue weighted by molar-refractivity contribution is -0.274. The predicted molar refractivity (Wildman–Crippen MR) is 167 cm³/mol. The molecule has 1 amide bonds. The van der Waals surface area contributed by atoms with Gasteiger partial charge in [0.05, 0.1) is 29.1 Å². The number of hydrogen-bond donors (Lipinski definition) is 6. The van der Waals surface area contributed by atoms with Crippen molar-refractivity contribution < 1.29 is 41.3 Å². The first-order valence-electron chi connectivity index (χ1n) is 14.6. The number of alkyl halides is 3. The molecule has 4 rings (SSSR count). The molecule has 0 aliphatic carbocycles. The number of rotatable bonds is 13. The number of nitrogens with one attached hydrogen (secondary N) is 3. The Balaban J connectivity index is 1.53. The van der Waals surface area contributed by atoms with E-state index in [0.717, 1.165) is 5.56 Å². The van der Waals surface area contributed by atoms with Gasteiger partial charge in [-0.2, -0.15) is 0 Å². The van der Waals surface area contributed by atoms with Crippen LogP contribution in [0.25, 0.3) is 0 Å². The molecule has 1 aliphatic rings. The van der Waals surface area contributed by atoms with Gasteiger partial charge in [0.25, 0.3) is 5.91 Å². The Morgan fingerprint density at radius 3 is 2.47 bits per heavy atom. The van der Waals surface area contributed by atoms with E-state index < -0.39 is 41.0 Å². The third-order valence-corrected chi connectivity index (χ3v) is 9.15. The van der Waals surface area contributed by atoms with E-state index in [4.69, 9.17) is 0 Å². The van der Waals surface area contributed by atoms with Crippen molar-refractivity contribution in [2.24, 2.45) is 0 Å². The summed E-state index contributed by atoms with van der Waals surface area (Å²) < 4.78 is 80.3. The summed E-state index contributed by atoms with van der Waals surface area (Å²) in [5.74, 6) is -2.00. The van der Waals surface area contributed by atoms with Crippen LogP contribution in [0, 0.1) is 5.82 Å². The standard InChI is InChI=1S/C31H38F4N4O5S/c1-2-37-23-17-25(29(32)27(18-23)39-13-6-7-14-45(39,42)43)30(41)38-26(16-21-9-4-3-5-10-21)28(40)20-36-19-22-11-8-12-24(15-22)44-31(33,34)35/h3-5,8-12,15,17-18,26,28,36-37,40,42-43H,2,6-7,13-14,16,19-20H2,1H3,(H,38,41)/t26-,28-/m0/s1. The summed E-state index contributed by atoms with van der Waals surface area (Å²) in [5, 5.41) is 19.9. The van der Waals surface area contributed by atoms with Crippen molar-refractivity contribution in [3.05, 3.63) is 89.2 Å². The second kappa shape index (κ2) is 15.1. The van der Waals surface area contributed by atoms with E-state index in [-0.39, 0.29) is 48.8 Å². The molecule has 1 fully saturated rings. The zero-order chi connectivity index (χ0) is 32.6. The summed E-state index contributed by atoms with van der Waals surface area (Å²) >= 11 is 0. The lowest BCUT2D eigenvalue weighted by Gasteiger charge is -2.47. The molecule has 6 N–H and O–H groups in total. The smallest absolute Gasteiger partial charge is 0.406 e. The fourth-order valence-electron chi connectivity index (χ4n) is 5.10. The van der Waals surface area contributed by atoms with Crippen molar-refractivity contribution in [3.8, 4) is 5.75 Å². The Morgan fingerprint density at radius 2 is 1.78 bits per heavy atom. The van der Waals surface area contributed by atoms with Crippen molar-refractivity contribution in [3.63, 3.8) is 0 Å². The van der Waals surface area contributed by atoms with Crippen LogP contribution in [0.15, 0.2) is 66.7 Å². The van der Waals surface area contributed by atoms with E-state index in [2.05, 4.69) is 20.7 Å². The van der Waals surface area contributed by atoms with Crippen LogP contribution >= 0.6 is 10.8 Å². The highest BCUT2D eigenvalue weighted by molar-refractivity contribution is 8.25. The summed E-state index contributed by atoms with van der Waals surface area (Å²) in [6.07, 6.45) is -4.61. The van der Waals surface area contributed by atoms with E-state index in [1.807, 2.05) is 25.1 Å². The first kappa shape index (κ1) is 34.3. The molecule has 2 atom stereocenters. The van der Waals surface area contributed by atoms with Crippen molar-refractivity contribution in [1.29, 1.82) is 0 Å². The molecule has 0 spiro atoms. The number of hydrogen-bond acceptors (Lipinski definition) is 8. The Morgan fingerprint density at radius 1 is 1.04 bits per heavy atom. The SMILES string of the molecule is CCNc1cc(C(=O)N[C@@H](Cc2ccccc2)[C@@H](O)CNCc2cccc(OC(F)(F)F)c2)c(F)c(N2CCCCS2(O)O)c1. The van der Waals surface area contributed by atoms with E-state index in [9.17, 15) is 32.2 Å². The summed E-state index contributed by atoms with van der Waals surface area (Å²) in [7, 11) is -3.27. The van der Waals surface area contributed by atoms with Gasteiger partial charge in [0.1, 0.15) is 5.75 Å². The van der Waals surface area contributed by atoms with Gasteiger partial charge in [0.2, 0.25) is 0 Å². The van der Waals surface area contributed by atoms with Gasteiger partial charge in [0.15, 0.2) is 5.82 Å². The number of benzene rings is 3. The molecular weight excluding hydrogens is 616 g/mol. The molecule has 45 heavy (non-hydrogen) atoms. The van der Waals surface area contributed by atoms with E-state index in [0.29, 0.717) is 30.6 Å². The third-order valence-electron chi connectivity index (χ3n) is 7.22. The molecule has 0 bridgehead atoms. The largest absolute Gasteiger partial charge is 0.573 e. The maximum Gasteiger partial charge on any atom is 0.573 e. The fourth-order valence-corrected chi connectivity index (χ4v) is 6.79. The Bertz CT molecular complexity index is 1430. The molecule has 0 saturated carbocycles. The van der Waals surface area contributed by atoms with Gasteiger partial charge in [-0.25, -0.2) is 4.39 Å². The predicted octanol–water partition coefficient (Wildman–Crippen LogP) is 5.91. The van der Waals surface area contributed by atoms with E-state index in [1.54, 1.807) is 18.2 Å². The molecule has 246 valence electrons. The minimum atomic E-state index is -4.83. The summed E-state index contributed by atoms with van der Waals surface area (Å²) in [6.45, 7) is 2.55. The van der Waals surface area contributed by atoms with Crippen molar-refractivity contribution in [1.82, 2.24) is 10.6 Å². The van der Waals surface area contributed by atoms with Crippen LogP contribution in [0.1, 0.15) is 41.3 Å². The highest BCUT2D eigenvalue weighted by Crippen LogP contribution is 2.51. The van der Waals surface area contributed by atoms with Crippen LogP contribution < -0.4 is 25.0 Å². The third kappa shape index (κ3) is 9.71. The average Bonchev–Trinajstić information content (AvgIpc) is 2.97. The molecular formula is C31H38F4N4O5S. The van der Waals surface area contributed by atoms with Gasteiger partial charge in [-0.05, 0) is 61.6 Å². The minimum absolute atomic E-state index is 0.0536. The van der Waals surface area contributed by atoms with Gasteiger partial charge < -0.3 is 25.8 Å². The number of aliphatic hydroxyl groups is 1. The second-order valence-electron chi connectivity index (χ2n) is 10.7. The van der Waals surface area contributed by atoms with Crippen LogP contribution in [-0.4, -0.2) is 64.0 Å². The van der Waals surface area contributed by atoms with Gasteiger partial charge in [-0.15, -0.1) is 23.9 Å².